The second kappa shape index (κ2) is 5.87. The van der Waals surface area contributed by atoms with Crippen LogP contribution >= 0.6 is 0 Å². The lowest BCUT2D eigenvalue weighted by molar-refractivity contribution is 0.200. The molecule has 1 aromatic carbocycles. The Morgan fingerprint density at radius 3 is 1.90 bits per heavy atom. The van der Waals surface area contributed by atoms with Crippen molar-refractivity contribution in [2.75, 3.05) is 32.7 Å². The van der Waals surface area contributed by atoms with Crippen LogP contribution in [0.2, 0.25) is 0 Å². The summed E-state index contributed by atoms with van der Waals surface area (Å²) in [5.41, 5.74) is 3.32. The molecule has 112 valence electrons. The number of nitrogens with one attached hydrogen (secondary N) is 1. The van der Waals surface area contributed by atoms with Gasteiger partial charge in [-0.05, 0) is 16.5 Å². The van der Waals surface area contributed by atoms with E-state index in [-0.39, 0.29) is 10.8 Å². The minimum Gasteiger partial charge on any atom is -0.314 e. The van der Waals surface area contributed by atoms with E-state index >= 15 is 0 Å². The third kappa shape index (κ3) is 3.83. The molecule has 0 amide bonds. The largest absolute Gasteiger partial charge is 0.314 e. The smallest absolute Gasteiger partial charge is 0.0108 e. The number of rotatable bonds is 3. The van der Waals surface area contributed by atoms with Gasteiger partial charge in [-0.1, -0.05) is 58.9 Å². The number of piperazine rings is 1. The fraction of sp³-hybridized carbons (Fsp3) is 0.667. The minimum atomic E-state index is 0.216. The molecule has 20 heavy (non-hydrogen) atoms. The van der Waals surface area contributed by atoms with Crippen molar-refractivity contribution in [2.45, 2.75) is 45.4 Å². The summed E-state index contributed by atoms with van der Waals surface area (Å²) in [6.07, 6.45) is 0. The highest BCUT2D eigenvalue weighted by Gasteiger charge is 2.25. The Morgan fingerprint density at radius 1 is 0.900 bits per heavy atom. The van der Waals surface area contributed by atoms with Gasteiger partial charge in [-0.15, -0.1) is 0 Å². The van der Waals surface area contributed by atoms with Gasteiger partial charge in [-0.2, -0.15) is 0 Å². The molecule has 1 aliphatic heterocycles. The van der Waals surface area contributed by atoms with E-state index in [9.17, 15) is 0 Å². The molecule has 2 heteroatoms. The van der Waals surface area contributed by atoms with Crippen molar-refractivity contribution in [3.05, 3.63) is 35.4 Å². The Bertz CT molecular complexity index is 420. The maximum atomic E-state index is 3.42. The fourth-order valence-corrected chi connectivity index (χ4v) is 2.94. The summed E-state index contributed by atoms with van der Waals surface area (Å²) in [5, 5.41) is 3.42. The average Bonchev–Trinajstić information content (AvgIpc) is 2.38. The second-order valence-electron chi connectivity index (χ2n) is 7.74. The predicted octanol–water partition coefficient (Wildman–Crippen LogP) is 3.17. The number of benzene rings is 1. The van der Waals surface area contributed by atoms with Gasteiger partial charge >= 0.3 is 0 Å². The molecule has 1 fully saturated rings. The van der Waals surface area contributed by atoms with E-state index in [0.717, 1.165) is 19.6 Å². The van der Waals surface area contributed by atoms with Crippen molar-refractivity contribution in [1.29, 1.82) is 0 Å². The molecule has 0 radical (unpaired) electrons. The van der Waals surface area contributed by atoms with Crippen LogP contribution in [0.1, 0.15) is 45.7 Å². The molecule has 2 nitrogen and oxygen atoms in total. The summed E-state index contributed by atoms with van der Waals surface area (Å²) < 4.78 is 0. The molecular weight excluding hydrogens is 244 g/mol. The van der Waals surface area contributed by atoms with E-state index in [1.54, 1.807) is 0 Å². The molecular formula is C18H30N2. The topological polar surface area (TPSA) is 15.3 Å². The van der Waals surface area contributed by atoms with Crippen molar-refractivity contribution >= 4 is 0 Å². The minimum absolute atomic E-state index is 0.216. The van der Waals surface area contributed by atoms with Crippen LogP contribution in [0.15, 0.2) is 24.3 Å². The van der Waals surface area contributed by atoms with Gasteiger partial charge in [0.15, 0.2) is 0 Å². The van der Waals surface area contributed by atoms with Gasteiger partial charge in [-0.25, -0.2) is 0 Å². The Kier molecular flexibility index (Phi) is 4.55. The van der Waals surface area contributed by atoms with Crippen molar-refractivity contribution in [1.82, 2.24) is 10.2 Å². The first-order chi connectivity index (χ1) is 9.29. The molecule has 0 bridgehead atoms. The van der Waals surface area contributed by atoms with Crippen LogP contribution in [-0.2, 0) is 10.8 Å². The normalized spacial score (nSPS) is 18.2. The maximum absolute atomic E-state index is 3.42. The summed E-state index contributed by atoms with van der Waals surface area (Å²) >= 11 is 0. The predicted molar refractivity (Wildman–Crippen MR) is 87.5 cm³/mol. The lowest BCUT2D eigenvalue weighted by Gasteiger charge is -2.35. The summed E-state index contributed by atoms with van der Waals surface area (Å²) in [6, 6.07) is 9.25. The highest BCUT2D eigenvalue weighted by molar-refractivity contribution is 5.31. The van der Waals surface area contributed by atoms with Crippen LogP contribution in [0.25, 0.3) is 0 Å². The summed E-state index contributed by atoms with van der Waals surface area (Å²) in [7, 11) is 0. The highest BCUT2D eigenvalue weighted by Crippen LogP contribution is 2.28. The van der Waals surface area contributed by atoms with Crippen LogP contribution < -0.4 is 5.32 Å². The zero-order valence-electron chi connectivity index (χ0n) is 13.8. The molecule has 0 saturated carbocycles. The van der Waals surface area contributed by atoms with E-state index in [0.29, 0.717) is 0 Å². The molecule has 1 N–H and O–H groups in total. The van der Waals surface area contributed by atoms with Crippen molar-refractivity contribution in [3.8, 4) is 0 Å². The van der Waals surface area contributed by atoms with Crippen molar-refractivity contribution in [2.24, 2.45) is 0 Å². The van der Waals surface area contributed by atoms with Gasteiger partial charge in [-0.3, -0.25) is 4.90 Å². The number of nitrogens with zero attached hydrogens (tertiary/aromatic N) is 1. The van der Waals surface area contributed by atoms with E-state index in [1.165, 1.54) is 24.2 Å². The average molecular weight is 274 g/mol. The van der Waals surface area contributed by atoms with E-state index in [2.05, 4.69) is 69.1 Å². The Morgan fingerprint density at radius 2 is 1.40 bits per heavy atom. The highest BCUT2D eigenvalue weighted by atomic mass is 15.2. The second-order valence-corrected chi connectivity index (χ2v) is 7.74. The van der Waals surface area contributed by atoms with Gasteiger partial charge in [0.1, 0.15) is 0 Å². The third-order valence-electron chi connectivity index (χ3n) is 4.36. The standard InChI is InChI=1S/C18H30N2/c1-17(2,3)15-6-8-16(9-7-15)18(4,5)14-20-12-10-19-11-13-20/h6-9,19H,10-14H2,1-5H3. The summed E-state index contributed by atoms with van der Waals surface area (Å²) in [5.74, 6) is 0. The Hall–Kier alpha value is -0.860. The van der Waals surface area contributed by atoms with Gasteiger partial charge in [0.05, 0.1) is 0 Å². The summed E-state index contributed by atoms with van der Waals surface area (Å²) in [4.78, 5) is 2.58. The number of hydrogen-bond donors (Lipinski definition) is 1. The zero-order valence-corrected chi connectivity index (χ0v) is 13.8. The van der Waals surface area contributed by atoms with Gasteiger partial charge in [0.2, 0.25) is 0 Å². The lowest BCUT2D eigenvalue weighted by atomic mass is 9.80. The molecule has 1 saturated heterocycles. The molecule has 2 rings (SSSR count). The van der Waals surface area contributed by atoms with E-state index < -0.39 is 0 Å². The van der Waals surface area contributed by atoms with Crippen LogP contribution in [0.3, 0.4) is 0 Å². The molecule has 0 atom stereocenters. The first-order valence-corrected chi connectivity index (χ1v) is 7.83. The SMILES string of the molecule is CC(C)(C)c1ccc(C(C)(C)CN2CCNCC2)cc1. The van der Waals surface area contributed by atoms with E-state index in [1.807, 2.05) is 0 Å². The molecule has 1 aromatic rings. The van der Waals surface area contributed by atoms with Crippen LogP contribution in [0.5, 0.6) is 0 Å². The molecule has 0 unspecified atom stereocenters. The van der Waals surface area contributed by atoms with E-state index in [4.69, 9.17) is 0 Å². The number of hydrogen-bond acceptors (Lipinski definition) is 2. The lowest BCUT2D eigenvalue weighted by Crippen LogP contribution is -2.47. The Balaban J connectivity index is 2.08. The third-order valence-corrected chi connectivity index (χ3v) is 4.36. The van der Waals surface area contributed by atoms with Gasteiger partial charge in [0.25, 0.3) is 0 Å². The molecule has 0 aromatic heterocycles. The first kappa shape index (κ1) is 15.5. The Labute approximate surface area is 124 Å². The fourth-order valence-electron chi connectivity index (χ4n) is 2.94. The zero-order chi connectivity index (χ0) is 14.8. The molecule has 1 aliphatic rings. The van der Waals surface area contributed by atoms with Crippen LogP contribution in [0.4, 0.5) is 0 Å². The monoisotopic (exact) mass is 274 g/mol. The molecule has 0 spiro atoms. The van der Waals surface area contributed by atoms with Crippen LogP contribution in [0, 0.1) is 0 Å². The van der Waals surface area contributed by atoms with Crippen molar-refractivity contribution in [3.63, 3.8) is 0 Å². The maximum Gasteiger partial charge on any atom is 0.0108 e. The molecule has 1 heterocycles. The van der Waals surface area contributed by atoms with Crippen molar-refractivity contribution < 1.29 is 0 Å². The summed E-state index contributed by atoms with van der Waals surface area (Å²) in [6.45, 7) is 17.3. The first-order valence-electron chi connectivity index (χ1n) is 7.83. The van der Waals surface area contributed by atoms with Crippen LogP contribution in [-0.4, -0.2) is 37.6 Å². The molecule has 0 aliphatic carbocycles. The van der Waals surface area contributed by atoms with Gasteiger partial charge in [0, 0.05) is 38.1 Å². The van der Waals surface area contributed by atoms with Gasteiger partial charge < -0.3 is 5.32 Å². The quantitative estimate of drug-likeness (QED) is 0.911.